The molecule has 2 fully saturated rings. The average Bonchev–Trinajstić information content (AvgIpc) is 3.12. The molecule has 286 valence electrons. The number of hydrogen-bond donors (Lipinski definition) is 7. The van der Waals surface area contributed by atoms with Gasteiger partial charge in [-0.2, -0.15) is 0 Å². The largest absolute Gasteiger partial charge is 0.463 e. The molecule has 0 unspecified atom stereocenters. The zero-order valence-corrected chi connectivity index (χ0v) is 28.9. The minimum atomic E-state index is -1.78. The van der Waals surface area contributed by atoms with Gasteiger partial charge in [0.25, 0.3) is 0 Å². The van der Waals surface area contributed by atoms with Gasteiger partial charge in [0.1, 0.15) is 55.4 Å². The van der Waals surface area contributed by atoms with E-state index in [2.05, 4.69) is 0 Å². The highest BCUT2D eigenvalue weighted by atomic mass is 16.7. The van der Waals surface area contributed by atoms with Crippen molar-refractivity contribution in [3.8, 4) is 0 Å². The van der Waals surface area contributed by atoms with Crippen LogP contribution in [0.4, 0.5) is 0 Å². The maximum Gasteiger partial charge on any atom is 0.338 e. The van der Waals surface area contributed by atoms with E-state index in [0.29, 0.717) is 18.6 Å². The van der Waals surface area contributed by atoms with E-state index in [0.717, 1.165) is 44.9 Å². The molecule has 0 saturated carbocycles. The van der Waals surface area contributed by atoms with Crippen molar-refractivity contribution in [2.45, 2.75) is 158 Å². The number of carbonyl (C=O) groups excluding carboxylic acids is 2. The number of unbranched alkanes of at least 4 members (excludes halogenated alkanes) is 13. The number of hydrogen-bond acceptors (Lipinski definition) is 14. The Morgan fingerprint density at radius 1 is 0.600 bits per heavy atom. The molecule has 14 nitrogen and oxygen atoms in total. The van der Waals surface area contributed by atoms with Crippen molar-refractivity contribution < 1.29 is 69.0 Å². The molecule has 0 amide bonds. The van der Waals surface area contributed by atoms with Gasteiger partial charge in [-0.1, -0.05) is 95.2 Å². The molecule has 1 aromatic rings. The Bertz CT molecular complexity index is 1070. The minimum absolute atomic E-state index is 0.177. The molecular formula is C36H58O14. The molecule has 3 rings (SSSR count). The van der Waals surface area contributed by atoms with Crippen LogP contribution in [0, 0.1) is 0 Å². The third-order valence-corrected chi connectivity index (χ3v) is 9.23. The van der Waals surface area contributed by atoms with Gasteiger partial charge in [-0.15, -0.1) is 0 Å². The summed E-state index contributed by atoms with van der Waals surface area (Å²) in [5.41, 5.74) is 0.590. The first-order chi connectivity index (χ1) is 24.1. The maximum absolute atomic E-state index is 12.3. The van der Waals surface area contributed by atoms with Crippen LogP contribution in [0.2, 0.25) is 0 Å². The third-order valence-electron chi connectivity index (χ3n) is 9.23. The summed E-state index contributed by atoms with van der Waals surface area (Å²) in [4.78, 5) is 24.2. The Balaban J connectivity index is 1.15. The van der Waals surface area contributed by atoms with Crippen molar-refractivity contribution in [3.05, 3.63) is 35.9 Å². The van der Waals surface area contributed by atoms with Gasteiger partial charge in [0, 0.05) is 6.42 Å². The first kappa shape index (κ1) is 42.2. The first-order valence-corrected chi connectivity index (χ1v) is 18.2. The lowest BCUT2D eigenvalue weighted by molar-refractivity contribution is -0.355. The minimum Gasteiger partial charge on any atom is -0.463 e. The second-order valence-electron chi connectivity index (χ2n) is 13.2. The number of aliphatic hydroxyl groups is 7. The normalized spacial score (nSPS) is 29.8. The van der Waals surface area contributed by atoms with Crippen LogP contribution in [-0.2, 0) is 28.5 Å². The Kier molecular flexibility index (Phi) is 19.7. The number of esters is 2. The van der Waals surface area contributed by atoms with Crippen LogP contribution in [0.25, 0.3) is 0 Å². The van der Waals surface area contributed by atoms with Crippen molar-refractivity contribution in [2.24, 2.45) is 0 Å². The molecule has 0 aromatic heterocycles. The highest BCUT2D eigenvalue weighted by molar-refractivity contribution is 5.89. The van der Waals surface area contributed by atoms with Gasteiger partial charge in [-0.25, -0.2) is 4.79 Å². The third kappa shape index (κ3) is 14.1. The summed E-state index contributed by atoms with van der Waals surface area (Å²) in [6.07, 6.45) is -0.665. The van der Waals surface area contributed by atoms with E-state index < -0.39 is 80.6 Å². The van der Waals surface area contributed by atoms with Crippen molar-refractivity contribution in [2.75, 3.05) is 19.8 Å². The van der Waals surface area contributed by atoms with Crippen LogP contribution in [0.3, 0.4) is 0 Å². The highest BCUT2D eigenvalue weighted by Crippen LogP contribution is 2.29. The number of benzene rings is 1. The smallest absolute Gasteiger partial charge is 0.338 e. The van der Waals surface area contributed by atoms with Crippen LogP contribution in [0.15, 0.2) is 30.3 Å². The van der Waals surface area contributed by atoms with E-state index in [1.54, 1.807) is 12.1 Å². The summed E-state index contributed by atoms with van der Waals surface area (Å²) in [6.45, 7) is -0.665. The number of carbonyl (C=O) groups is 2. The number of aliphatic hydroxyl groups excluding tert-OH is 7. The Hall–Kier alpha value is -2.24. The van der Waals surface area contributed by atoms with E-state index in [1.807, 2.05) is 18.2 Å². The summed E-state index contributed by atoms with van der Waals surface area (Å²) >= 11 is 0. The standard InChI is InChI=1S/C36H58O14/c37-22-25-33(30(41)31(42)35(45)48-25)50-36-32(43)29(40)28(39)26(49-36)23-47-27(38)20-16-11-9-7-5-3-1-2-4-6-8-10-12-17-21-46-34(44)24-18-14-13-15-19-24/h13-15,18-19,25-26,28-33,35-37,39-43,45H,1-12,16-17,20-23H2/t25-,26-,28-,29+,30-,31-,32-,33-,35-,36+/m1/s1. The molecule has 2 heterocycles. The summed E-state index contributed by atoms with van der Waals surface area (Å²) < 4.78 is 26.6. The quantitative estimate of drug-likeness (QED) is 0.0636. The van der Waals surface area contributed by atoms with Crippen LogP contribution < -0.4 is 0 Å². The van der Waals surface area contributed by atoms with E-state index in [9.17, 15) is 45.3 Å². The lowest BCUT2D eigenvalue weighted by Gasteiger charge is -2.45. The van der Waals surface area contributed by atoms with E-state index in [-0.39, 0.29) is 12.4 Å². The predicted molar refractivity (Wildman–Crippen MR) is 178 cm³/mol. The van der Waals surface area contributed by atoms with Crippen molar-refractivity contribution in [1.82, 2.24) is 0 Å². The maximum atomic E-state index is 12.3. The molecule has 10 atom stereocenters. The Labute approximate surface area is 294 Å². The highest BCUT2D eigenvalue weighted by Gasteiger charge is 2.50. The SMILES string of the molecule is O=C(CCCCCCCCCCCCCCCCOC(=O)c1ccccc1)OC[C@H]1O[C@@H](O[C@H]2[C@H](O)[C@@H](O)[C@H](O)O[C@@H]2CO)[C@H](O)[C@@H](O)[C@@H]1O. The summed E-state index contributed by atoms with van der Waals surface area (Å²) in [6, 6.07) is 9.04. The molecule has 1 aromatic carbocycles. The van der Waals surface area contributed by atoms with Crippen LogP contribution >= 0.6 is 0 Å². The fourth-order valence-corrected chi connectivity index (χ4v) is 6.12. The van der Waals surface area contributed by atoms with Crippen LogP contribution in [-0.4, -0.2) is 129 Å². The molecule has 0 aliphatic carbocycles. The van der Waals surface area contributed by atoms with E-state index >= 15 is 0 Å². The Morgan fingerprint density at radius 2 is 1.16 bits per heavy atom. The van der Waals surface area contributed by atoms with Gasteiger partial charge in [-0.05, 0) is 25.0 Å². The molecular weight excluding hydrogens is 656 g/mol. The number of rotatable bonds is 23. The summed E-state index contributed by atoms with van der Waals surface area (Å²) in [5, 5.41) is 70.5. The molecule has 2 aliphatic rings. The fraction of sp³-hybridized carbons (Fsp3) is 0.778. The van der Waals surface area contributed by atoms with Crippen LogP contribution in [0.1, 0.15) is 107 Å². The topological polar surface area (TPSA) is 222 Å². The Morgan fingerprint density at radius 3 is 1.74 bits per heavy atom. The van der Waals surface area contributed by atoms with Gasteiger partial charge in [0.15, 0.2) is 12.6 Å². The second kappa shape index (κ2) is 23.3. The van der Waals surface area contributed by atoms with Gasteiger partial charge in [0.2, 0.25) is 0 Å². The number of ether oxygens (including phenoxy) is 5. The molecule has 7 N–H and O–H groups in total. The average molecular weight is 715 g/mol. The molecule has 14 heteroatoms. The van der Waals surface area contributed by atoms with Gasteiger partial charge in [0.05, 0.1) is 18.8 Å². The lowest BCUT2D eigenvalue weighted by atomic mass is 9.97. The summed E-state index contributed by atoms with van der Waals surface area (Å²) in [7, 11) is 0. The predicted octanol–water partition coefficient (Wildman–Crippen LogP) is 1.86. The van der Waals surface area contributed by atoms with Gasteiger partial charge in [-0.3, -0.25) is 4.79 Å². The fourth-order valence-electron chi connectivity index (χ4n) is 6.12. The molecule has 50 heavy (non-hydrogen) atoms. The first-order valence-electron chi connectivity index (χ1n) is 18.2. The van der Waals surface area contributed by atoms with Crippen LogP contribution in [0.5, 0.6) is 0 Å². The van der Waals surface area contributed by atoms with Gasteiger partial charge >= 0.3 is 11.9 Å². The van der Waals surface area contributed by atoms with Crippen molar-refractivity contribution in [1.29, 1.82) is 0 Å². The van der Waals surface area contributed by atoms with Gasteiger partial charge < -0.3 is 59.4 Å². The molecule has 2 saturated heterocycles. The molecule has 0 bridgehead atoms. The van der Waals surface area contributed by atoms with E-state index in [1.165, 1.54) is 38.5 Å². The molecule has 0 spiro atoms. The van der Waals surface area contributed by atoms with Crippen molar-refractivity contribution >= 4 is 11.9 Å². The molecule has 0 radical (unpaired) electrons. The zero-order valence-electron chi connectivity index (χ0n) is 28.9. The monoisotopic (exact) mass is 714 g/mol. The zero-order chi connectivity index (χ0) is 36.3. The van der Waals surface area contributed by atoms with E-state index in [4.69, 9.17) is 23.7 Å². The second-order valence-corrected chi connectivity index (χ2v) is 13.2. The van der Waals surface area contributed by atoms with Crippen molar-refractivity contribution in [3.63, 3.8) is 0 Å². The lowest BCUT2D eigenvalue weighted by Crippen LogP contribution is -2.64. The molecule has 2 aliphatic heterocycles. The summed E-state index contributed by atoms with van der Waals surface area (Å²) in [5.74, 6) is -0.761.